The van der Waals surface area contributed by atoms with Crippen LogP contribution >= 0.6 is 0 Å². The molecule has 1 aliphatic carbocycles. The molecule has 2 heteroatoms. The first kappa shape index (κ1) is 10.4. The van der Waals surface area contributed by atoms with Crippen molar-refractivity contribution in [1.82, 2.24) is 4.90 Å². The van der Waals surface area contributed by atoms with E-state index in [0.29, 0.717) is 12.5 Å². The van der Waals surface area contributed by atoms with Crippen molar-refractivity contribution in [2.75, 3.05) is 26.2 Å². The van der Waals surface area contributed by atoms with Gasteiger partial charge >= 0.3 is 0 Å². The molecule has 2 nitrogen and oxygen atoms in total. The molecule has 14 heavy (non-hydrogen) atoms. The number of aliphatic hydroxyl groups excluding tert-OH is 1. The summed E-state index contributed by atoms with van der Waals surface area (Å²) >= 11 is 0. The van der Waals surface area contributed by atoms with Crippen molar-refractivity contribution < 1.29 is 5.11 Å². The molecule has 0 amide bonds. The molecular weight excluding hydrogens is 174 g/mol. The van der Waals surface area contributed by atoms with Crippen molar-refractivity contribution in [3.05, 3.63) is 0 Å². The minimum absolute atomic E-state index is 0.393. The summed E-state index contributed by atoms with van der Waals surface area (Å²) < 4.78 is 0. The van der Waals surface area contributed by atoms with Gasteiger partial charge in [0.1, 0.15) is 0 Å². The molecule has 82 valence electrons. The molecule has 2 aliphatic rings. The van der Waals surface area contributed by atoms with Crippen LogP contribution in [0.2, 0.25) is 0 Å². The monoisotopic (exact) mass is 197 g/mol. The van der Waals surface area contributed by atoms with E-state index < -0.39 is 0 Å². The fraction of sp³-hybridized carbons (Fsp3) is 1.00. The highest BCUT2D eigenvalue weighted by atomic mass is 16.3. The maximum Gasteiger partial charge on any atom is 0.0474 e. The van der Waals surface area contributed by atoms with Crippen LogP contribution in [-0.4, -0.2) is 36.2 Å². The van der Waals surface area contributed by atoms with E-state index >= 15 is 0 Å². The van der Waals surface area contributed by atoms with Gasteiger partial charge in [-0.2, -0.15) is 0 Å². The van der Waals surface area contributed by atoms with E-state index in [-0.39, 0.29) is 0 Å². The van der Waals surface area contributed by atoms with E-state index in [4.69, 9.17) is 0 Å². The van der Waals surface area contributed by atoms with Crippen molar-refractivity contribution in [2.45, 2.75) is 26.7 Å². The molecule has 1 saturated carbocycles. The summed E-state index contributed by atoms with van der Waals surface area (Å²) in [6.07, 6.45) is 2.73. The Labute approximate surface area is 87.3 Å². The second-order valence-electron chi connectivity index (χ2n) is 5.18. The molecule has 1 aliphatic heterocycles. The molecule has 0 bridgehead atoms. The van der Waals surface area contributed by atoms with E-state index in [0.717, 1.165) is 30.8 Å². The molecule has 0 spiro atoms. The Bertz CT molecular complexity index is 195. The first-order valence-corrected chi connectivity index (χ1v) is 6.09. The fourth-order valence-electron chi connectivity index (χ4n) is 3.50. The van der Waals surface area contributed by atoms with Crippen LogP contribution in [0, 0.1) is 23.7 Å². The summed E-state index contributed by atoms with van der Waals surface area (Å²) in [7, 11) is 0. The second-order valence-corrected chi connectivity index (χ2v) is 5.18. The highest BCUT2D eigenvalue weighted by Crippen LogP contribution is 2.44. The normalized spacial score (nSPS) is 43.9. The van der Waals surface area contributed by atoms with Gasteiger partial charge in [-0.25, -0.2) is 0 Å². The Hall–Kier alpha value is -0.0800. The van der Waals surface area contributed by atoms with Crippen LogP contribution in [0.3, 0.4) is 0 Å². The summed E-state index contributed by atoms with van der Waals surface area (Å²) in [6.45, 7) is 8.56. The van der Waals surface area contributed by atoms with Crippen LogP contribution in [0.25, 0.3) is 0 Å². The van der Waals surface area contributed by atoms with Crippen molar-refractivity contribution in [1.29, 1.82) is 0 Å². The van der Waals surface area contributed by atoms with Gasteiger partial charge in [0.15, 0.2) is 0 Å². The quantitative estimate of drug-likeness (QED) is 0.726. The van der Waals surface area contributed by atoms with E-state index in [9.17, 15) is 5.11 Å². The predicted molar refractivity (Wildman–Crippen MR) is 58.1 cm³/mol. The van der Waals surface area contributed by atoms with Crippen LogP contribution in [0.4, 0.5) is 0 Å². The summed E-state index contributed by atoms with van der Waals surface area (Å²) in [6, 6.07) is 0. The summed E-state index contributed by atoms with van der Waals surface area (Å²) in [5.41, 5.74) is 0. The number of fused-ring (bicyclic) bond motifs is 1. The van der Waals surface area contributed by atoms with Gasteiger partial charge in [0.2, 0.25) is 0 Å². The Morgan fingerprint density at radius 2 is 2.00 bits per heavy atom. The number of likely N-dealkylation sites (tertiary alicyclic amines) is 1. The molecule has 0 aromatic rings. The maximum absolute atomic E-state index is 9.41. The van der Waals surface area contributed by atoms with Gasteiger partial charge in [-0.05, 0) is 36.6 Å². The molecule has 1 heterocycles. The van der Waals surface area contributed by atoms with Gasteiger partial charge in [0.05, 0.1) is 0 Å². The number of hydrogen-bond donors (Lipinski definition) is 1. The van der Waals surface area contributed by atoms with Crippen molar-refractivity contribution in [3.8, 4) is 0 Å². The lowest BCUT2D eigenvalue weighted by molar-refractivity contribution is 0.0356. The van der Waals surface area contributed by atoms with E-state index in [1.54, 1.807) is 0 Å². The van der Waals surface area contributed by atoms with Crippen molar-refractivity contribution in [3.63, 3.8) is 0 Å². The van der Waals surface area contributed by atoms with E-state index in [1.807, 2.05) is 0 Å². The highest BCUT2D eigenvalue weighted by Gasteiger charge is 2.42. The number of aliphatic hydroxyl groups is 1. The Balaban J connectivity index is 2.06. The van der Waals surface area contributed by atoms with Gasteiger partial charge in [-0.1, -0.05) is 20.3 Å². The van der Waals surface area contributed by atoms with Gasteiger partial charge in [-0.3, -0.25) is 0 Å². The fourth-order valence-corrected chi connectivity index (χ4v) is 3.50. The SMILES string of the molecule is CCN1CC(CO)C2CC[C@H](C)C2C1. The van der Waals surface area contributed by atoms with Crippen LogP contribution in [-0.2, 0) is 0 Å². The van der Waals surface area contributed by atoms with Gasteiger partial charge < -0.3 is 10.0 Å². The summed E-state index contributed by atoms with van der Waals surface area (Å²) in [5.74, 6) is 3.11. The second kappa shape index (κ2) is 4.19. The van der Waals surface area contributed by atoms with Crippen molar-refractivity contribution >= 4 is 0 Å². The molecule has 3 unspecified atom stereocenters. The Morgan fingerprint density at radius 1 is 1.21 bits per heavy atom. The standard InChI is InChI=1S/C12H23NO/c1-3-13-6-10(8-14)11-5-4-9(2)12(11)7-13/h9-12,14H,3-8H2,1-2H3/t9-,10?,11?,12?/m0/s1. The van der Waals surface area contributed by atoms with E-state index in [1.165, 1.54) is 19.4 Å². The molecule has 0 radical (unpaired) electrons. The molecular formula is C12H23NO. The van der Waals surface area contributed by atoms with Gasteiger partial charge in [0, 0.05) is 19.7 Å². The third-order valence-corrected chi connectivity index (χ3v) is 4.49. The predicted octanol–water partition coefficient (Wildman–Crippen LogP) is 1.59. The zero-order valence-electron chi connectivity index (χ0n) is 9.45. The largest absolute Gasteiger partial charge is 0.396 e. The Kier molecular flexibility index (Phi) is 3.13. The molecule has 0 aromatic heterocycles. The zero-order valence-corrected chi connectivity index (χ0v) is 9.45. The van der Waals surface area contributed by atoms with Crippen LogP contribution in [0.1, 0.15) is 26.7 Å². The average Bonchev–Trinajstić information content (AvgIpc) is 2.59. The number of rotatable bonds is 2. The maximum atomic E-state index is 9.41. The van der Waals surface area contributed by atoms with E-state index in [2.05, 4.69) is 18.7 Å². The topological polar surface area (TPSA) is 23.5 Å². The van der Waals surface area contributed by atoms with Crippen LogP contribution in [0.15, 0.2) is 0 Å². The number of hydrogen-bond acceptors (Lipinski definition) is 2. The molecule has 0 aromatic carbocycles. The lowest BCUT2D eigenvalue weighted by atomic mass is 9.78. The van der Waals surface area contributed by atoms with Gasteiger partial charge in [-0.15, -0.1) is 0 Å². The Morgan fingerprint density at radius 3 is 2.64 bits per heavy atom. The summed E-state index contributed by atoms with van der Waals surface area (Å²) in [4.78, 5) is 2.52. The molecule has 1 saturated heterocycles. The summed E-state index contributed by atoms with van der Waals surface area (Å²) in [5, 5.41) is 9.41. The minimum atomic E-state index is 0.393. The minimum Gasteiger partial charge on any atom is -0.396 e. The molecule has 4 atom stereocenters. The average molecular weight is 197 g/mol. The highest BCUT2D eigenvalue weighted by molar-refractivity contribution is 4.93. The molecule has 2 rings (SSSR count). The third-order valence-electron chi connectivity index (χ3n) is 4.49. The molecule has 2 fully saturated rings. The first-order valence-electron chi connectivity index (χ1n) is 6.09. The number of piperidine rings is 1. The van der Waals surface area contributed by atoms with Crippen molar-refractivity contribution in [2.24, 2.45) is 23.7 Å². The zero-order chi connectivity index (χ0) is 10.1. The lowest BCUT2D eigenvalue weighted by Gasteiger charge is -2.41. The third kappa shape index (κ3) is 1.70. The molecule has 1 N–H and O–H groups in total. The van der Waals surface area contributed by atoms with Gasteiger partial charge in [0.25, 0.3) is 0 Å². The number of nitrogens with zero attached hydrogens (tertiary/aromatic N) is 1. The smallest absolute Gasteiger partial charge is 0.0474 e. The van der Waals surface area contributed by atoms with Crippen LogP contribution in [0.5, 0.6) is 0 Å². The van der Waals surface area contributed by atoms with Crippen LogP contribution < -0.4 is 0 Å². The lowest BCUT2D eigenvalue weighted by Crippen LogP contribution is -2.46. The first-order chi connectivity index (χ1) is 6.76.